The van der Waals surface area contributed by atoms with Crippen molar-refractivity contribution in [2.75, 3.05) is 5.32 Å². The molecule has 0 spiro atoms. The van der Waals surface area contributed by atoms with Crippen LogP contribution in [0.1, 0.15) is 11.3 Å². The fourth-order valence-electron chi connectivity index (χ4n) is 1.52. The lowest BCUT2D eigenvalue weighted by molar-refractivity contribution is 0.703. The standard InChI is InChI=1S/C12H13BrN4O/c1-8-4-3-5-14-9(8)6-15-10-7-16-17(2)12(18)11(10)13/h3-5,7,15H,6H2,1-2H3. The summed E-state index contributed by atoms with van der Waals surface area (Å²) in [5.41, 5.74) is 2.56. The maximum atomic E-state index is 11.7. The molecular weight excluding hydrogens is 296 g/mol. The maximum absolute atomic E-state index is 11.7. The third-order valence-corrected chi connectivity index (χ3v) is 3.41. The molecule has 1 N–H and O–H groups in total. The summed E-state index contributed by atoms with van der Waals surface area (Å²) < 4.78 is 1.76. The van der Waals surface area contributed by atoms with E-state index in [1.54, 1.807) is 19.4 Å². The van der Waals surface area contributed by atoms with Gasteiger partial charge in [0.1, 0.15) is 4.47 Å². The van der Waals surface area contributed by atoms with Crippen LogP contribution in [0.25, 0.3) is 0 Å². The number of hydrogen-bond acceptors (Lipinski definition) is 4. The molecule has 5 nitrogen and oxygen atoms in total. The molecule has 0 radical (unpaired) electrons. The smallest absolute Gasteiger partial charge is 0.282 e. The zero-order valence-corrected chi connectivity index (χ0v) is 11.7. The number of aromatic nitrogens is 3. The Bertz CT molecular complexity index is 624. The van der Waals surface area contributed by atoms with Crippen molar-refractivity contribution in [3.63, 3.8) is 0 Å². The van der Waals surface area contributed by atoms with E-state index in [4.69, 9.17) is 0 Å². The second-order valence-electron chi connectivity index (χ2n) is 3.92. The molecule has 0 unspecified atom stereocenters. The minimum atomic E-state index is -0.169. The van der Waals surface area contributed by atoms with Gasteiger partial charge in [-0.1, -0.05) is 6.07 Å². The summed E-state index contributed by atoms with van der Waals surface area (Å²) in [7, 11) is 1.61. The molecule has 0 bridgehead atoms. The van der Waals surface area contributed by atoms with Crippen molar-refractivity contribution in [2.24, 2.45) is 7.05 Å². The monoisotopic (exact) mass is 308 g/mol. The van der Waals surface area contributed by atoms with Crippen LogP contribution < -0.4 is 10.9 Å². The van der Waals surface area contributed by atoms with Gasteiger partial charge in [-0.15, -0.1) is 0 Å². The van der Waals surface area contributed by atoms with Gasteiger partial charge in [-0.25, -0.2) is 4.68 Å². The Balaban J connectivity index is 2.19. The van der Waals surface area contributed by atoms with E-state index < -0.39 is 0 Å². The molecule has 2 aromatic heterocycles. The van der Waals surface area contributed by atoms with Crippen LogP contribution in [0.3, 0.4) is 0 Å². The highest BCUT2D eigenvalue weighted by molar-refractivity contribution is 9.10. The van der Waals surface area contributed by atoms with Gasteiger partial charge in [0.25, 0.3) is 5.56 Å². The van der Waals surface area contributed by atoms with Crippen LogP contribution in [-0.2, 0) is 13.6 Å². The normalized spacial score (nSPS) is 10.4. The highest BCUT2D eigenvalue weighted by Crippen LogP contribution is 2.17. The van der Waals surface area contributed by atoms with Crippen molar-refractivity contribution in [1.29, 1.82) is 0 Å². The Morgan fingerprint density at radius 3 is 3.00 bits per heavy atom. The van der Waals surface area contributed by atoms with Gasteiger partial charge >= 0.3 is 0 Å². The molecule has 18 heavy (non-hydrogen) atoms. The number of pyridine rings is 1. The Morgan fingerprint density at radius 2 is 2.28 bits per heavy atom. The van der Waals surface area contributed by atoms with Crippen LogP contribution in [0.4, 0.5) is 5.69 Å². The average molecular weight is 309 g/mol. The van der Waals surface area contributed by atoms with Gasteiger partial charge in [0.15, 0.2) is 0 Å². The first-order valence-corrected chi connectivity index (χ1v) is 6.25. The lowest BCUT2D eigenvalue weighted by Crippen LogP contribution is -2.21. The summed E-state index contributed by atoms with van der Waals surface area (Å²) in [5.74, 6) is 0. The van der Waals surface area contributed by atoms with Crippen molar-refractivity contribution in [3.05, 3.63) is 50.6 Å². The number of halogens is 1. The summed E-state index contributed by atoms with van der Waals surface area (Å²) in [5, 5.41) is 7.12. The zero-order valence-electron chi connectivity index (χ0n) is 10.1. The Morgan fingerprint density at radius 1 is 1.50 bits per heavy atom. The van der Waals surface area contributed by atoms with Gasteiger partial charge in [0, 0.05) is 13.2 Å². The highest BCUT2D eigenvalue weighted by Gasteiger charge is 2.07. The quantitative estimate of drug-likeness (QED) is 0.940. The molecule has 2 aromatic rings. The molecule has 0 saturated heterocycles. The first kappa shape index (κ1) is 12.8. The summed E-state index contributed by atoms with van der Waals surface area (Å²) in [6.07, 6.45) is 3.37. The molecule has 0 saturated carbocycles. The fourth-order valence-corrected chi connectivity index (χ4v) is 2.02. The van der Waals surface area contributed by atoms with Gasteiger partial charge in [-0.05, 0) is 34.5 Å². The molecule has 0 amide bonds. The van der Waals surface area contributed by atoms with E-state index in [-0.39, 0.29) is 5.56 Å². The van der Waals surface area contributed by atoms with E-state index in [1.807, 2.05) is 19.1 Å². The molecule has 0 fully saturated rings. The molecule has 0 aliphatic carbocycles. The van der Waals surface area contributed by atoms with Gasteiger partial charge in [-0.2, -0.15) is 5.10 Å². The first-order valence-electron chi connectivity index (χ1n) is 5.46. The highest BCUT2D eigenvalue weighted by atomic mass is 79.9. The van der Waals surface area contributed by atoms with E-state index >= 15 is 0 Å². The SMILES string of the molecule is Cc1cccnc1CNc1cnn(C)c(=O)c1Br. The van der Waals surface area contributed by atoms with Gasteiger partial charge < -0.3 is 5.32 Å². The topological polar surface area (TPSA) is 59.8 Å². The summed E-state index contributed by atoms with van der Waals surface area (Å²) in [4.78, 5) is 15.9. The largest absolute Gasteiger partial charge is 0.377 e. The molecule has 94 valence electrons. The molecule has 2 heterocycles. The number of nitrogens with one attached hydrogen (secondary N) is 1. The number of anilines is 1. The van der Waals surface area contributed by atoms with Crippen LogP contribution >= 0.6 is 15.9 Å². The Hall–Kier alpha value is -1.69. The Labute approximate surface area is 113 Å². The van der Waals surface area contributed by atoms with Gasteiger partial charge in [0.2, 0.25) is 0 Å². The Kier molecular flexibility index (Phi) is 3.76. The second-order valence-corrected chi connectivity index (χ2v) is 4.71. The molecule has 2 rings (SSSR count). The third-order valence-electron chi connectivity index (χ3n) is 2.64. The number of nitrogens with zero attached hydrogens (tertiary/aromatic N) is 3. The van der Waals surface area contributed by atoms with Crippen molar-refractivity contribution in [1.82, 2.24) is 14.8 Å². The molecule has 0 atom stereocenters. The minimum Gasteiger partial charge on any atom is -0.377 e. The van der Waals surface area contributed by atoms with Crippen molar-refractivity contribution >= 4 is 21.6 Å². The fraction of sp³-hybridized carbons (Fsp3) is 0.250. The number of hydrogen-bond donors (Lipinski definition) is 1. The van der Waals surface area contributed by atoms with Crippen LogP contribution in [-0.4, -0.2) is 14.8 Å². The van der Waals surface area contributed by atoms with Crippen LogP contribution in [0, 0.1) is 6.92 Å². The molecular formula is C12H13BrN4O. The van der Waals surface area contributed by atoms with E-state index in [2.05, 4.69) is 31.3 Å². The summed E-state index contributed by atoms with van der Waals surface area (Å²) in [6, 6.07) is 3.90. The van der Waals surface area contributed by atoms with E-state index in [1.165, 1.54) is 4.68 Å². The average Bonchev–Trinajstić information content (AvgIpc) is 2.37. The zero-order chi connectivity index (χ0) is 13.1. The van der Waals surface area contributed by atoms with E-state index in [0.717, 1.165) is 11.3 Å². The van der Waals surface area contributed by atoms with Crippen LogP contribution in [0.15, 0.2) is 33.8 Å². The molecule has 6 heteroatoms. The van der Waals surface area contributed by atoms with Crippen LogP contribution in [0.2, 0.25) is 0 Å². The lowest BCUT2D eigenvalue weighted by atomic mass is 10.2. The first-order chi connectivity index (χ1) is 8.59. The predicted molar refractivity (Wildman–Crippen MR) is 73.5 cm³/mol. The van der Waals surface area contributed by atoms with Crippen molar-refractivity contribution in [3.8, 4) is 0 Å². The van der Waals surface area contributed by atoms with Crippen molar-refractivity contribution in [2.45, 2.75) is 13.5 Å². The molecule has 0 aromatic carbocycles. The minimum absolute atomic E-state index is 0.169. The number of rotatable bonds is 3. The number of aryl methyl sites for hydroxylation is 2. The van der Waals surface area contributed by atoms with Crippen molar-refractivity contribution < 1.29 is 0 Å². The summed E-state index contributed by atoms with van der Waals surface area (Å²) >= 11 is 3.27. The van der Waals surface area contributed by atoms with Gasteiger partial charge in [0.05, 0.1) is 24.1 Å². The van der Waals surface area contributed by atoms with E-state index in [0.29, 0.717) is 16.7 Å². The van der Waals surface area contributed by atoms with Crippen LogP contribution in [0.5, 0.6) is 0 Å². The lowest BCUT2D eigenvalue weighted by Gasteiger charge is -2.09. The van der Waals surface area contributed by atoms with E-state index in [9.17, 15) is 4.79 Å². The predicted octanol–water partition coefficient (Wildman–Crippen LogP) is 1.86. The second kappa shape index (κ2) is 5.30. The molecule has 0 aliphatic rings. The summed E-state index contributed by atoms with van der Waals surface area (Å²) in [6.45, 7) is 2.56. The molecule has 0 aliphatic heterocycles. The third kappa shape index (κ3) is 2.59. The maximum Gasteiger partial charge on any atom is 0.282 e. The van der Waals surface area contributed by atoms with Gasteiger partial charge in [-0.3, -0.25) is 9.78 Å².